The van der Waals surface area contributed by atoms with Gasteiger partial charge in [-0.1, -0.05) is 0 Å². The molecule has 2 saturated heterocycles. The SMILES string of the molecule is CC1OCCC1(CCN1CCOCC1)C(=O)O. The van der Waals surface area contributed by atoms with Crippen molar-refractivity contribution in [1.29, 1.82) is 0 Å². The molecule has 98 valence electrons. The first-order valence-corrected chi connectivity index (χ1v) is 6.30. The van der Waals surface area contributed by atoms with Gasteiger partial charge in [0.2, 0.25) is 0 Å². The smallest absolute Gasteiger partial charge is 0.312 e. The second-order valence-corrected chi connectivity index (χ2v) is 4.93. The second kappa shape index (κ2) is 5.33. The molecule has 0 bridgehead atoms. The van der Waals surface area contributed by atoms with E-state index in [0.717, 1.165) is 32.8 Å². The Morgan fingerprint density at radius 2 is 2.12 bits per heavy atom. The van der Waals surface area contributed by atoms with Gasteiger partial charge in [-0.3, -0.25) is 9.69 Å². The van der Waals surface area contributed by atoms with Crippen LogP contribution in [0.4, 0.5) is 0 Å². The van der Waals surface area contributed by atoms with Crippen molar-refractivity contribution in [2.24, 2.45) is 5.41 Å². The first-order chi connectivity index (χ1) is 8.15. The van der Waals surface area contributed by atoms with Crippen LogP contribution in [0.3, 0.4) is 0 Å². The summed E-state index contributed by atoms with van der Waals surface area (Å²) in [7, 11) is 0. The number of hydrogen-bond acceptors (Lipinski definition) is 4. The Kier molecular flexibility index (Phi) is 4.01. The summed E-state index contributed by atoms with van der Waals surface area (Å²) in [6.07, 6.45) is 1.12. The van der Waals surface area contributed by atoms with Gasteiger partial charge in [-0.05, 0) is 26.3 Å². The average Bonchev–Trinajstić information content (AvgIpc) is 2.71. The molecule has 0 aromatic rings. The summed E-state index contributed by atoms with van der Waals surface area (Å²) in [4.78, 5) is 13.8. The molecular weight excluding hydrogens is 222 g/mol. The normalized spacial score (nSPS) is 35.0. The Labute approximate surface area is 102 Å². The van der Waals surface area contributed by atoms with Gasteiger partial charge >= 0.3 is 5.97 Å². The van der Waals surface area contributed by atoms with E-state index < -0.39 is 11.4 Å². The summed E-state index contributed by atoms with van der Waals surface area (Å²) in [5.74, 6) is -0.712. The van der Waals surface area contributed by atoms with E-state index in [2.05, 4.69) is 4.90 Å². The summed E-state index contributed by atoms with van der Waals surface area (Å²) in [6.45, 7) is 6.59. The quantitative estimate of drug-likeness (QED) is 0.783. The first kappa shape index (κ1) is 12.8. The lowest BCUT2D eigenvalue weighted by atomic mass is 9.78. The molecule has 2 unspecified atom stereocenters. The molecule has 2 rings (SSSR count). The van der Waals surface area contributed by atoms with E-state index in [1.807, 2.05) is 6.92 Å². The van der Waals surface area contributed by atoms with Crippen molar-refractivity contribution in [2.75, 3.05) is 39.5 Å². The van der Waals surface area contributed by atoms with Crippen molar-refractivity contribution in [2.45, 2.75) is 25.9 Å². The highest BCUT2D eigenvalue weighted by atomic mass is 16.5. The number of hydrogen-bond donors (Lipinski definition) is 1. The van der Waals surface area contributed by atoms with Crippen molar-refractivity contribution in [3.05, 3.63) is 0 Å². The number of morpholine rings is 1. The topological polar surface area (TPSA) is 59.0 Å². The molecule has 0 radical (unpaired) electrons. The summed E-state index contributed by atoms with van der Waals surface area (Å²) >= 11 is 0. The van der Waals surface area contributed by atoms with E-state index >= 15 is 0 Å². The van der Waals surface area contributed by atoms with E-state index in [4.69, 9.17) is 9.47 Å². The van der Waals surface area contributed by atoms with Gasteiger partial charge in [0.25, 0.3) is 0 Å². The fraction of sp³-hybridized carbons (Fsp3) is 0.917. The maximum atomic E-state index is 11.5. The first-order valence-electron chi connectivity index (χ1n) is 6.30. The Hall–Kier alpha value is -0.650. The van der Waals surface area contributed by atoms with Gasteiger partial charge in [-0.25, -0.2) is 0 Å². The van der Waals surface area contributed by atoms with Crippen molar-refractivity contribution < 1.29 is 19.4 Å². The number of nitrogens with zero attached hydrogens (tertiary/aromatic N) is 1. The van der Waals surface area contributed by atoms with Crippen LogP contribution in [0.5, 0.6) is 0 Å². The van der Waals surface area contributed by atoms with E-state index in [0.29, 0.717) is 19.4 Å². The van der Waals surface area contributed by atoms with Crippen molar-refractivity contribution >= 4 is 5.97 Å². The molecular formula is C12H21NO4. The molecule has 0 aromatic carbocycles. The molecule has 0 aromatic heterocycles. The number of rotatable bonds is 4. The number of ether oxygens (including phenoxy) is 2. The zero-order valence-electron chi connectivity index (χ0n) is 10.4. The van der Waals surface area contributed by atoms with Crippen LogP contribution >= 0.6 is 0 Å². The second-order valence-electron chi connectivity index (χ2n) is 4.93. The minimum absolute atomic E-state index is 0.180. The molecule has 0 saturated carbocycles. The van der Waals surface area contributed by atoms with Crippen molar-refractivity contribution in [1.82, 2.24) is 4.90 Å². The van der Waals surface area contributed by atoms with Crippen LogP contribution in [-0.4, -0.2) is 61.5 Å². The predicted molar refractivity (Wildman–Crippen MR) is 62.0 cm³/mol. The summed E-state index contributed by atoms with van der Waals surface area (Å²) < 4.78 is 10.7. The van der Waals surface area contributed by atoms with Gasteiger partial charge < -0.3 is 14.6 Å². The van der Waals surface area contributed by atoms with Crippen LogP contribution in [0.1, 0.15) is 19.8 Å². The number of carboxylic acids is 1. The molecule has 2 aliphatic rings. The maximum absolute atomic E-state index is 11.5. The van der Waals surface area contributed by atoms with Crippen LogP contribution in [0, 0.1) is 5.41 Å². The minimum Gasteiger partial charge on any atom is -0.481 e. The average molecular weight is 243 g/mol. The zero-order valence-corrected chi connectivity index (χ0v) is 10.4. The molecule has 0 spiro atoms. The number of carbonyl (C=O) groups is 1. The molecule has 2 heterocycles. The monoisotopic (exact) mass is 243 g/mol. The molecule has 2 aliphatic heterocycles. The summed E-state index contributed by atoms with van der Waals surface area (Å²) in [5, 5.41) is 9.44. The fourth-order valence-electron chi connectivity index (χ4n) is 2.68. The number of aliphatic carboxylic acids is 1. The van der Waals surface area contributed by atoms with Crippen molar-refractivity contribution in [3.8, 4) is 0 Å². The molecule has 0 aliphatic carbocycles. The lowest BCUT2D eigenvalue weighted by Crippen LogP contribution is -2.43. The van der Waals surface area contributed by atoms with E-state index in [9.17, 15) is 9.90 Å². The molecule has 2 atom stereocenters. The van der Waals surface area contributed by atoms with Crippen LogP contribution in [0.15, 0.2) is 0 Å². The highest BCUT2D eigenvalue weighted by molar-refractivity contribution is 5.75. The lowest BCUT2D eigenvalue weighted by Gasteiger charge is -2.32. The van der Waals surface area contributed by atoms with E-state index in [1.165, 1.54) is 0 Å². The van der Waals surface area contributed by atoms with E-state index in [1.54, 1.807) is 0 Å². The Morgan fingerprint density at radius 3 is 2.65 bits per heavy atom. The maximum Gasteiger partial charge on any atom is 0.312 e. The highest BCUT2D eigenvalue weighted by Gasteiger charge is 2.48. The number of carboxylic acid groups (broad SMARTS) is 1. The lowest BCUT2D eigenvalue weighted by molar-refractivity contribution is -0.152. The van der Waals surface area contributed by atoms with Gasteiger partial charge in [-0.2, -0.15) is 0 Å². The Balaban J connectivity index is 1.91. The van der Waals surface area contributed by atoms with Crippen LogP contribution in [-0.2, 0) is 14.3 Å². The predicted octanol–water partition coefficient (Wildman–Crippen LogP) is 0.589. The van der Waals surface area contributed by atoms with Crippen molar-refractivity contribution in [3.63, 3.8) is 0 Å². The van der Waals surface area contributed by atoms with Gasteiger partial charge in [0.15, 0.2) is 0 Å². The Bertz CT molecular complexity index is 278. The van der Waals surface area contributed by atoms with E-state index in [-0.39, 0.29) is 6.10 Å². The summed E-state index contributed by atoms with van der Waals surface area (Å²) in [5.41, 5.74) is -0.682. The third-order valence-corrected chi connectivity index (χ3v) is 4.10. The Morgan fingerprint density at radius 1 is 1.41 bits per heavy atom. The summed E-state index contributed by atoms with van der Waals surface area (Å²) in [6, 6.07) is 0. The molecule has 5 heteroatoms. The zero-order chi connectivity index (χ0) is 12.3. The minimum atomic E-state index is -0.712. The molecule has 1 N–H and O–H groups in total. The van der Waals surface area contributed by atoms with Gasteiger partial charge in [0.1, 0.15) is 0 Å². The molecule has 5 nitrogen and oxygen atoms in total. The molecule has 17 heavy (non-hydrogen) atoms. The fourth-order valence-corrected chi connectivity index (χ4v) is 2.68. The van der Waals surface area contributed by atoms with Crippen LogP contribution in [0.2, 0.25) is 0 Å². The van der Waals surface area contributed by atoms with Gasteiger partial charge in [0.05, 0.1) is 24.7 Å². The van der Waals surface area contributed by atoms with Gasteiger partial charge in [0, 0.05) is 19.7 Å². The third kappa shape index (κ3) is 2.61. The van der Waals surface area contributed by atoms with Crippen LogP contribution in [0.25, 0.3) is 0 Å². The standard InChI is InChI=1S/C12H21NO4/c1-10-12(11(14)15,3-7-17-10)2-4-13-5-8-16-9-6-13/h10H,2-9H2,1H3,(H,14,15). The molecule has 0 amide bonds. The van der Waals surface area contributed by atoms with Crippen LogP contribution < -0.4 is 0 Å². The molecule has 2 fully saturated rings. The highest BCUT2D eigenvalue weighted by Crippen LogP contribution is 2.38. The largest absolute Gasteiger partial charge is 0.481 e. The third-order valence-electron chi connectivity index (χ3n) is 4.10. The van der Waals surface area contributed by atoms with Gasteiger partial charge in [-0.15, -0.1) is 0 Å².